The Kier molecular flexibility index (Phi) is 6.54. The van der Waals surface area contributed by atoms with Crippen molar-refractivity contribution in [2.24, 2.45) is 5.73 Å². The van der Waals surface area contributed by atoms with Gasteiger partial charge in [0.15, 0.2) is 0 Å². The van der Waals surface area contributed by atoms with Crippen molar-refractivity contribution in [3.05, 3.63) is 0 Å². The maximum atomic E-state index is 10.8. The molecule has 3 N–H and O–H groups in total. The first kappa shape index (κ1) is 13.4. The molecule has 0 aliphatic carbocycles. The van der Waals surface area contributed by atoms with E-state index in [-0.39, 0.29) is 0 Å². The lowest BCUT2D eigenvalue weighted by atomic mass is 9.97. The molecule has 0 aromatic heterocycles. The average Bonchev–Trinajstić information content (AvgIpc) is 2.10. The molecule has 14 heavy (non-hydrogen) atoms. The summed E-state index contributed by atoms with van der Waals surface area (Å²) < 4.78 is 0. The van der Waals surface area contributed by atoms with Crippen molar-refractivity contribution in [1.29, 1.82) is 0 Å². The molecule has 1 unspecified atom stereocenters. The third-order valence-electron chi connectivity index (χ3n) is 2.55. The van der Waals surface area contributed by atoms with Crippen molar-refractivity contribution < 1.29 is 9.90 Å². The topological polar surface area (TPSA) is 63.3 Å². The number of unbranched alkanes of at least 4 members (excludes halogenated alkanes) is 5. The van der Waals surface area contributed by atoms with E-state index in [1.54, 1.807) is 0 Å². The van der Waals surface area contributed by atoms with Gasteiger partial charge in [0.2, 0.25) is 5.91 Å². The van der Waals surface area contributed by atoms with Crippen LogP contribution in [0.4, 0.5) is 0 Å². The molecule has 0 spiro atoms. The number of hydrogen-bond donors (Lipinski definition) is 2. The van der Waals surface area contributed by atoms with E-state index in [0.29, 0.717) is 6.42 Å². The van der Waals surface area contributed by atoms with Crippen LogP contribution < -0.4 is 5.73 Å². The number of primary amides is 1. The molecule has 0 aromatic rings. The summed E-state index contributed by atoms with van der Waals surface area (Å²) in [4.78, 5) is 10.8. The van der Waals surface area contributed by atoms with Crippen molar-refractivity contribution in [1.82, 2.24) is 0 Å². The number of carbonyl (C=O) groups excluding carboxylic acids is 1. The molecule has 0 rings (SSSR count). The second-order valence-electron chi connectivity index (χ2n) is 4.16. The highest BCUT2D eigenvalue weighted by Crippen LogP contribution is 2.15. The second-order valence-corrected chi connectivity index (χ2v) is 4.16. The normalized spacial score (nSPS) is 15.1. The van der Waals surface area contributed by atoms with Crippen molar-refractivity contribution >= 4 is 5.91 Å². The summed E-state index contributed by atoms with van der Waals surface area (Å²) in [5.41, 5.74) is 3.73. The second kappa shape index (κ2) is 6.82. The Bertz CT molecular complexity index is 167. The Hall–Kier alpha value is -0.570. The molecular weight excluding hydrogens is 178 g/mol. The van der Waals surface area contributed by atoms with E-state index in [1.165, 1.54) is 32.6 Å². The molecule has 0 aliphatic rings. The Morgan fingerprint density at radius 1 is 1.21 bits per heavy atom. The van der Waals surface area contributed by atoms with Crippen molar-refractivity contribution in [3.63, 3.8) is 0 Å². The van der Waals surface area contributed by atoms with Gasteiger partial charge < -0.3 is 10.8 Å². The van der Waals surface area contributed by atoms with Crippen molar-refractivity contribution in [2.45, 2.75) is 64.4 Å². The highest BCUT2D eigenvalue weighted by atomic mass is 16.3. The van der Waals surface area contributed by atoms with Crippen LogP contribution in [0.5, 0.6) is 0 Å². The molecule has 1 atom stereocenters. The smallest absolute Gasteiger partial charge is 0.249 e. The van der Waals surface area contributed by atoms with Gasteiger partial charge in [0.1, 0.15) is 5.60 Å². The number of amides is 1. The van der Waals surface area contributed by atoms with Crippen LogP contribution in [0.1, 0.15) is 58.8 Å². The molecule has 1 amide bonds. The van der Waals surface area contributed by atoms with Crippen LogP contribution in [-0.4, -0.2) is 16.6 Å². The zero-order valence-electron chi connectivity index (χ0n) is 9.38. The van der Waals surface area contributed by atoms with Crippen LogP contribution in [0.3, 0.4) is 0 Å². The minimum Gasteiger partial charge on any atom is -0.380 e. The van der Waals surface area contributed by atoms with Crippen LogP contribution in [0.15, 0.2) is 0 Å². The van der Waals surface area contributed by atoms with E-state index in [9.17, 15) is 9.90 Å². The van der Waals surface area contributed by atoms with E-state index >= 15 is 0 Å². The highest BCUT2D eigenvalue weighted by Gasteiger charge is 2.26. The maximum Gasteiger partial charge on any atom is 0.249 e. The third-order valence-corrected chi connectivity index (χ3v) is 2.55. The summed E-state index contributed by atoms with van der Waals surface area (Å²) in [5, 5.41) is 9.52. The number of rotatable bonds is 8. The first-order valence-corrected chi connectivity index (χ1v) is 5.53. The monoisotopic (exact) mass is 201 g/mol. The lowest BCUT2D eigenvalue weighted by Crippen LogP contribution is -2.40. The van der Waals surface area contributed by atoms with E-state index in [4.69, 9.17) is 5.73 Å². The average molecular weight is 201 g/mol. The van der Waals surface area contributed by atoms with Gasteiger partial charge in [0.25, 0.3) is 0 Å². The molecular formula is C11H23NO2. The summed E-state index contributed by atoms with van der Waals surface area (Å²) in [6.07, 6.45) is 7.36. The molecule has 3 nitrogen and oxygen atoms in total. The molecule has 0 bridgehead atoms. The fourth-order valence-electron chi connectivity index (χ4n) is 1.37. The first-order valence-electron chi connectivity index (χ1n) is 5.53. The van der Waals surface area contributed by atoms with Gasteiger partial charge in [-0.25, -0.2) is 0 Å². The van der Waals surface area contributed by atoms with Crippen molar-refractivity contribution in [3.8, 4) is 0 Å². The zero-order chi connectivity index (χ0) is 11.0. The summed E-state index contributed by atoms with van der Waals surface area (Å²) in [6, 6.07) is 0. The molecule has 3 heteroatoms. The molecule has 0 fully saturated rings. The molecule has 0 heterocycles. The van der Waals surface area contributed by atoms with E-state index in [0.717, 1.165) is 12.8 Å². The Balaban J connectivity index is 3.40. The van der Waals surface area contributed by atoms with Gasteiger partial charge >= 0.3 is 0 Å². The van der Waals surface area contributed by atoms with Crippen LogP contribution in [0.25, 0.3) is 0 Å². The van der Waals surface area contributed by atoms with Gasteiger partial charge in [-0.2, -0.15) is 0 Å². The minimum absolute atomic E-state index is 0.481. The third kappa shape index (κ3) is 5.97. The van der Waals surface area contributed by atoms with Gasteiger partial charge in [-0.1, -0.05) is 45.4 Å². The molecule has 0 saturated carbocycles. The van der Waals surface area contributed by atoms with Gasteiger partial charge in [0.05, 0.1) is 0 Å². The Labute approximate surface area is 86.7 Å². The maximum absolute atomic E-state index is 10.8. The predicted octanol–water partition coefficient (Wildman–Crippen LogP) is 1.97. The minimum atomic E-state index is -1.31. The zero-order valence-corrected chi connectivity index (χ0v) is 9.38. The SMILES string of the molecule is CCCCCCCCC(C)(O)C(N)=O. The van der Waals surface area contributed by atoms with E-state index in [1.807, 2.05) is 0 Å². The van der Waals surface area contributed by atoms with Crippen LogP contribution in [0, 0.1) is 0 Å². The summed E-state index contributed by atoms with van der Waals surface area (Å²) >= 11 is 0. The molecule has 84 valence electrons. The first-order chi connectivity index (χ1) is 6.50. The summed E-state index contributed by atoms with van der Waals surface area (Å²) in [7, 11) is 0. The lowest BCUT2D eigenvalue weighted by Gasteiger charge is -2.18. The van der Waals surface area contributed by atoms with E-state index < -0.39 is 11.5 Å². The van der Waals surface area contributed by atoms with Gasteiger partial charge in [0, 0.05) is 0 Å². The fraction of sp³-hybridized carbons (Fsp3) is 0.909. The number of carbonyl (C=O) groups is 1. The number of aliphatic hydroxyl groups is 1. The summed E-state index contributed by atoms with van der Waals surface area (Å²) in [6.45, 7) is 3.67. The van der Waals surface area contributed by atoms with Gasteiger partial charge in [-0.05, 0) is 13.3 Å². The Morgan fingerprint density at radius 2 is 1.71 bits per heavy atom. The predicted molar refractivity (Wildman–Crippen MR) is 57.8 cm³/mol. The van der Waals surface area contributed by atoms with E-state index in [2.05, 4.69) is 6.92 Å². The van der Waals surface area contributed by atoms with Crippen LogP contribution >= 0.6 is 0 Å². The highest BCUT2D eigenvalue weighted by molar-refractivity contribution is 5.82. The standard InChI is InChI=1S/C11H23NO2/c1-3-4-5-6-7-8-9-11(2,14)10(12)13/h14H,3-9H2,1-2H3,(H2,12,13). The molecule has 0 radical (unpaired) electrons. The lowest BCUT2D eigenvalue weighted by molar-refractivity contribution is -0.135. The summed E-state index contributed by atoms with van der Waals surface area (Å²) in [5.74, 6) is -0.619. The fourth-order valence-corrected chi connectivity index (χ4v) is 1.37. The largest absolute Gasteiger partial charge is 0.380 e. The molecule has 0 aromatic carbocycles. The quantitative estimate of drug-likeness (QED) is 0.590. The van der Waals surface area contributed by atoms with Crippen LogP contribution in [0.2, 0.25) is 0 Å². The number of nitrogens with two attached hydrogens (primary N) is 1. The van der Waals surface area contributed by atoms with Gasteiger partial charge in [-0.3, -0.25) is 4.79 Å². The molecule has 0 saturated heterocycles. The van der Waals surface area contributed by atoms with Gasteiger partial charge in [-0.15, -0.1) is 0 Å². The van der Waals surface area contributed by atoms with Crippen molar-refractivity contribution in [2.75, 3.05) is 0 Å². The molecule has 0 aliphatic heterocycles. The number of hydrogen-bond acceptors (Lipinski definition) is 2. The van der Waals surface area contributed by atoms with Crippen LogP contribution in [-0.2, 0) is 4.79 Å². The Morgan fingerprint density at radius 3 is 2.21 bits per heavy atom.